The second kappa shape index (κ2) is 6.88. The van der Waals surface area contributed by atoms with Gasteiger partial charge in [0, 0.05) is 12.6 Å². The number of carbonyl (C=O) groups is 2. The number of benzene rings is 1. The number of carboxylic acids is 1. The highest BCUT2D eigenvalue weighted by Gasteiger charge is 2.19. The molecule has 1 unspecified atom stereocenters. The lowest BCUT2D eigenvalue weighted by molar-refractivity contribution is 0.0698. The van der Waals surface area contributed by atoms with E-state index in [4.69, 9.17) is 5.11 Å². The van der Waals surface area contributed by atoms with Gasteiger partial charge < -0.3 is 15.3 Å². The van der Waals surface area contributed by atoms with E-state index in [1.165, 1.54) is 0 Å². The number of urea groups is 1. The van der Waals surface area contributed by atoms with E-state index in [1.54, 1.807) is 4.90 Å². The molecule has 2 N–H and O–H groups in total. The predicted molar refractivity (Wildman–Crippen MR) is 74.5 cm³/mol. The molecular formula is C14H19FN2O3. The number of halogens is 1. The molecule has 1 rings (SSSR count). The summed E-state index contributed by atoms with van der Waals surface area (Å²) >= 11 is 0. The minimum Gasteiger partial charge on any atom is -0.478 e. The molecule has 0 spiro atoms. The monoisotopic (exact) mass is 282 g/mol. The van der Waals surface area contributed by atoms with E-state index in [0.717, 1.165) is 24.6 Å². The van der Waals surface area contributed by atoms with Crippen LogP contribution in [0.3, 0.4) is 0 Å². The lowest BCUT2D eigenvalue weighted by Gasteiger charge is -2.27. The average Bonchev–Trinajstić information content (AvgIpc) is 2.38. The molecule has 0 fully saturated rings. The summed E-state index contributed by atoms with van der Waals surface area (Å²) in [4.78, 5) is 24.8. The number of hydrogen-bond donors (Lipinski definition) is 2. The van der Waals surface area contributed by atoms with Crippen LogP contribution in [0.15, 0.2) is 18.2 Å². The van der Waals surface area contributed by atoms with Gasteiger partial charge in [0.15, 0.2) is 0 Å². The van der Waals surface area contributed by atoms with Crippen LogP contribution < -0.4 is 5.32 Å². The van der Waals surface area contributed by atoms with Gasteiger partial charge >= 0.3 is 12.0 Å². The third-order valence-electron chi connectivity index (χ3n) is 3.18. The number of hydrogen-bond acceptors (Lipinski definition) is 2. The number of carbonyl (C=O) groups excluding carboxylic acids is 1. The van der Waals surface area contributed by atoms with E-state index in [2.05, 4.69) is 5.32 Å². The molecule has 0 aliphatic heterocycles. The Kier molecular flexibility index (Phi) is 5.49. The number of anilines is 1. The van der Waals surface area contributed by atoms with Gasteiger partial charge in [0.05, 0.1) is 11.3 Å². The Hall–Kier alpha value is -2.11. The van der Waals surface area contributed by atoms with Gasteiger partial charge in [-0.3, -0.25) is 0 Å². The highest BCUT2D eigenvalue weighted by atomic mass is 19.1. The summed E-state index contributed by atoms with van der Waals surface area (Å²) in [6.07, 6.45) is 0.774. The summed E-state index contributed by atoms with van der Waals surface area (Å²) in [5.41, 5.74) is -0.177. The zero-order valence-electron chi connectivity index (χ0n) is 11.8. The van der Waals surface area contributed by atoms with Crippen molar-refractivity contribution in [2.75, 3.05) is 11.9 Å². The Labute approximate surface area is 117 Å². The van der Waals surface area contributed by atoms with Crippen LogP contribution in [0.5, 0.6) is 0 Å². The van der Waals surface area contributed by atoms with Crippen molar-refractivity contribution in [3.63, 3.8) is 0 Å². The number of nitrogens with zero attached hydrogens (tertiary/aromatic N) is 1. The molecule has 0 aliphatic carbocycles. The number of nitrogens with one attached hydrogen (secondary N) is 1. The summed E-state index contributed by atoms with van der Waals surface area (Å²) in [5, 5.41) is 11.5. The van der Waals surface area contributed by atoms with Gasteiger partial charge in [-0.2, -0.15) is 0 Å². The van der Waals surface area contributed by atoms with Crippen molar-refractivity contribution in [2.24, 2.45) is 0 Å². The lowest BCUT2D eigenvalue weighted by Crippen LogP contribution is -2.41. The molecule has 5 nitrogen and oxygen atoms in total. The molecule has 0 aliphatic rings. The van der Waals surface area contributed by atoms with Crippen molar-refractivity contribution < 1.29 is 19.1 Å². The highest BCUT2D eigenvalue weighted by molar-refractivity contribution is 6.00. The SMILES string of the molecule is CCC(C)N(CC)C(=O)Nc1cc(F)ccc1C(=O)O. The molecule has 6 heteroatoms. The summed E-state index contributed by atoms with van der Waals surface area (Å²) in [5.74, 6) is -1.82. The molecule has 0 saturated heterocycles. The molecule has 0 aromatic heterocycles. The largest absolute Gasteiger partial charge is 0.478 e. The van der Waals surface area contributed by atoms with Gasteiger partial charge in [-0.05, 0) is 38.5 Å². The highest BCUT2D eigenvalue weighted by Crippen LogP contribution is 2.18. The molecule has 1 aromatic rings. The Morgan fingerprint density at radius 3 is 2.55 bits per heavy atom. The first-order valence-corrected chi connectivity index (χ1v) is 6.51. The van der Waals surface area contributed by atoms with E-state index in [0.29, 0.717) is 6.54 Å². The molecule has 0 heterocycles. The van der Waals surface area contributed by atoms with Crippen molar-refractivity contribution >= 4 is 17.7 Å². The van der Waals surface area contributed by atoms with Gasteiger partial charge in [0.25, 0.3) is 0 Å². The minimum absolute atomic E-state index is 0.0156. The van der Waals surface area contributed by atoms with Crippen molar-refractivity contribution in [1.82, 2.24) is 4.90 Å². The van der Waals surface area contributed by atoms with Crippen LogP contribution in [0.4, 0.5) is 14.9 Å². The fourth-order valence-corrected chi connectivity index (χ4v) is 1.87. The first-order chi connectivity index (χ1) is 9.40. The van der Waals surface area contributed by atoms with E-state index in [9.17, 15) is 14.0 Å². The van der Waals surface area contributed by atoms with Crippen LogP contribution in [-0.4, -0.2) is 34.6 Å². The molecule has 110 valence electrons. The third kappa shape index (κ3) is 3.69. The van der Waals surface area contributed by atoms with Crippen LogP contribution >= 0.6 is 0 Å². The molecule has 0 bridgehead atoms. The van der Waals surface area contributed by atoms with Crippen LogP contribution in [0, 0.1) is 5.82 Å². The van der Waals surface area contributed by atoms with Gasteiger partial charge in [-0.15, -0.1) is 0 Å². The van der Waals surface area contributed by atoms with Crippen LogP contribution in [0.2, 0.25) is 0 Å². The zero-order chi connectivity index (χ0) is 15.3. The normalized spacial score (nSPS) is 11.8. The van der Waals surface area contributed by atoms with E-state index in [1.807, 2.05) is 20.8 Å². The smallest absolute Gasteiger partial charge is 0.337 e. The maximum atomic E-state index is 13.2. The maximum Gasteiger partial charge on any atom is 0.337 e. The topological polar surface area (TPSA) is 69.6 Å². The van der Waals surface area contributed by atoms with E-state index < -0.39 is 17.8 Å². The van der Waals surface area contributed by atoms with Gasteiger partial charge in [0.2, 0.25) is 0 Å². The number of carboxylic acid groups (broad SMARTS) is 1. The van der Waals surface area contributed by atoms with Crippen molar-refractivity contribution in [3.8, 4) is 0 Å². The van der Waals surface area contributed by atoms with Crippen LogP contribution in [0.1, 0.15) is 37.6 Å². The molecule has 2 amide bonds. The van der Waals surface area contributed by atoms with Crippen LogP contribution in [0.25, 0.3) is 0 Å². The number of amides is 2. The van der Waals surface area contributed by atoms with Crippen molar-refractivity contribution in [1.29, 1.82) is 0 Å². The number of rotatable bonds is 5. The van der Waals surface area contributed by atoms with E-state index in [-0.39, 0.29) is 17.3 Å². The lowest BCUT2D eigenvalue weighted by atomic mass is 10.1. The maximum absolute atomic E-state index is 13.2. The molecule has 20 heavy (non-hydrogen) atoms. The summed E-state index contributed by atoms with van der Waals surface area (Å²) in [6.45, 7) is 6.16. The summed E-state index contributed by atoms with van der Waals surface area (Å²) in [6, 6.07) is 2.76. The van der Waals surface area contributed by atoms with Gasteiger partial charge in [-0.25, -0.2) is 14.0 Å². The molecule has 1 atom stereocenters. The molecule has 1 aromatic carbocycles. The Bertz CT molecular complexity index is 505. The summed E-state index contributed by atoms with van der Waals surface area (Å²) in [7, 11) is 0. The molecular weight excluding hydrogens is 263 g/mol. The average molecular weight is 282 g/mol. The second-order valence-electron chi connectivity index (χ2n) is 4.47. The standard InChI is InChI=1S/C14H19FN2O3/c1-4-9(3)17(5-2)14(20)16-12-8-10(15)6-7-11(12)13(18)19/h6-9H,4-5H2,1-3H3,(H,16,20)(H,18,19). The minimum atomic E-state index is -1.22. The third-order valence-corrected chi connectivity index (χ3v) is 3.18. The van der Waals surface area contributed by atoms with Gasteiger partial charge in [0.1, 0.15) is 5.82 Å². The Morgan fingerprint density at radius 2 is 2.05 bits per heavy atom. The number of aromatic carboxylic acids is 1. The van der Waals surface area contributed by atoms with Crippen LogP contribution in [-0.2, 0) is 0 Å². The quantitative estimate of drug-likeness (QED) is 0.871. The summed E-state index contributed by atoms with van der Waals surface area (Å²) < 4.78 is 13.2. The molecule has 0 radical (unpaired) electrons. The Balaban J connectivity index is 3.00. The Morgan fingerprint density at radius 1 is 1.40 bits per heavy atom. The van der Waals surface area contributed by atoms with Crippen molar-refractivity contribution in [3.05, 3.63) is 29.6 Å². The second-order valence-corrected chi connectivity index (χ2v) is 4.47. The zero-order valence-corrected chi connectivity index (χ0v) is 11.8. The fraction of sp³-hybridized carbons (Fsp3) is 0.429. The first kappa shape index (κ1) is 15.9. The predicted octanol–water partition coefficient (Wildman–Crippen LogP) is 3.18. The first-order valence-electron chi connectivity index (χ1n) is 6.51. The van der Waals surface area contributed by atoms with Crippen molar-refractivity contribution in [2.45, 2.75) is 33.2 Å². The molecule has 0 saturated carbocycles. The van der Waals surface area contributed by atoms with E-state index >= 15 is 0 Å². The fourth-order valence-electron chi connectivity index (χ4n) is 1.87. The van der Waals surface area contributed by atoms with Gasteiger partial charge in [-0.1, -0.05) is 6.92 Å².